The first-order chi connectivity index (χ1) is 13.2. The second-order valence-electron chi connectivity index (χ2n) is 7.43. The predicted octanol–water partition coefficient (Wildman–Crippen LogP) is 2.20. The van der Waals surface area contributed by atoms with E-state index in [0.29, 0.717) is 18.0 Å². The van der Waals surface area contributed by atoms with E-state index in [-0.39, 0.29) is 0 Å². The first-order valence-electron chi connectivity index (χ1n) is 9.83. The van der Waals surface area contributed by atoms with Gasteiger partial charge in [-0.05, 0) is 51.8 Å². The van der Waals surface area contributed by atoms with Crippen LogP contribution in [0, 0.1) is 13.8 Å². The lowest BCUT2D eigenvalue weighted by Crippen LogP contribution is -2.47. The number of aryl methyl sites for hydroxylation is 1. The zero-order chi connectivity index (χ0) is 18.6. The van der Waals surface area contributed by atoms with Gasteiger partial charge in [-0.3, -0.25) is 4.98 Å². The molecule has 144 valence electrons. The molecular weight excluding hydrogens is 340 g/mol. The van der Waals surface area contributed by atoms with Gasteiger partial charge in [-0.25, -0.2) is 9.97 Å². The summed E-state index contributed by atoms with van der Waals surface area (Å²) in [6.45, 7) is 8.20. The van der Waals surface area contributed by atoms with Crippen LogP contribution in [0.5, 0.6) is 11.6 Å². The Hall–Kier alpha value is -2.25. The Morgan fingerprint density at radius 2 is 1.96 bits per heavy atom. The lowest BCUT2D eigenvalue weighted by molar-refractivity contribution is 0.374. The van der Waals surface area contributed by atoms with Gasteiger partial charge < -0.3 is 20.3 Å². The van der Waals surface area contributed by atoms with Gasteiger partial charge in [-0.15, -0.1) is 0 Å². The van der Waals surface area contributed by atoms with Crippen LogP contribution >= 0.6 is 0 Å². The Morgan fingerprint density at radius 1 is 1.11 bits per heavy atom. The van der Waals surface area contributed by atoms with Crippen molar-refractivity contribution >= 4 is 5.82 Å². The highest BCUT2D eigenvalue weighted by Crippen LogP contribution is 2.30. The second-order valence-corrected chi connectivity index (χ2v) is 7.43. The third kappa shape index (κ3) is 4.20. The molecule has 4 rings (SSSR count). The van der Waals surface area contributed by atoms with Gasteiger partial charge in [-0.2, -0.15) is 0 Å². The minimum atomic E-state index is 0.599. The van der Waals surface area contributed by atoms with Gasteiger partial charge in [-0.1, -0.05) is 0 Å². The van der Waals surface area contributed by atoms with Crippen molar-refractivity contribution < 1.29 is 4.74 Å². The number of hydrogen-bond donors (Lipinski definition) is 2. The van der Waals surface area contributed by atoms with E-state index in [1.54, 1.807) is 12.5 Å². The van der Waals surface area contributed by atoms with Crippen LogP contribution in [0.2, 0.25) is 0 Å². The van der Waals surface area contributed by atoms with E-state index in [1.807, 2.05) is 26.0 Å². The van der Waals surface area contributed by atoms with Gasteiger partial charge in [0.1, 0.15) is 12.1 Å². The lowest BCUT2D eigenvalue weighted by Gasteiger charge is -2.35. The van der Waals surface area contributed by atoms with Crippen LogP contribution in [0.3, 0.4) is 0 Å². The maximum atomic E-state index is 6.02. The minimum absolute atomic E-state index is 0.599. The monoisotopic (exact) mass is 368 g/mol. The molecule has 0 unspecified atom stereocenters. The number of rotatable bonds is 5. The van der Waals surface area contributed by atoms with Crippen molar-refractivity contribution in [2.24, 2.45) is 0 Å². The normalized spacial score (nSPS) is 20.8. The Bertz CT molecular complexity index is 769. The van der Waals surface area contributed by atoms with Crippen molar-refractivity contribution in [3.63, 3.8) is 0 Å². The van der Waals surface area contributed by atoms with Crippen LogP contribution in [0.1, 0.15) is 30.5 Å². The number of pyridine rings is 1. The summed E-state index contributed by atoms with van der Waals surface area (Å²) in [5, 5.41) is 7.23. The Morgan fingerprint density at radius 3 is 2.70 bits per heavy atom. The molecule has 0 amide bonds. The van der Waals surface area contributed by atoms with Crippen LogP contribution in [-0.2, 0) is 0 Å². The average molecular weight is 368 g/mol. The van der Waals surface area contributed by atoms with Crippen LogP contribution in [0.25, 0.3) is 0 Å². The number of ether oxygens (including phenoxy) is 1. The first kappa shape index (κ1) is 18.1. The summed E-state index contributed by atoms with van der Waals surface area (Å²) >= 11 is 0. The quantitative estimate of drug-likeness (QED) is 0.838. The molecule has 7 heteroatoms. The topological polar surface area (TPSA) is 75.2 Å². The zero-order valence-electron chi connectivity index (χ0n) is 16.1. The van der Waals surface area contributed by atoms with Crippen molar-refractivity contribution in [1.82, 2.24) is 25.6 Å². The van der Waals surface area contributed by atoms with Gasteiger partial charge in [0.2, 0.25) is 5.88 Å². The summed E-state index contributed by atoms with van der Waals surface area (Å²) in [5.41, 5.74) is 1.83. The van der Waals surface area contributed by atoms with Crippen molar-refractivity contribution in [3.8, 4) is 11.6 Å². The van der Waals surface area contributed by atoms with E-state index in [4.69, 9.17) is 4.74 Å². The smallest absolute Gasteiger partial charge is 0.227 e. The maximum Gasteiger partial charge on any atom is 0.227 e. The summed E-state index contributed by atoms with van der Waals surface area (Å²) in [7, 11) is 0. The summed E-state index contributed by atoms with van der Waals surface area (Å²) in [5.74, 6) is 2.31. The molecule has 2 fully saturated rings. The van der Waals surface area contributed by atoms with Gasteiger partial charge in [0.15, 0.2) is 5.75 Å². The first-order valence-corrected chi connectivity index (χ1v) is 9.83. The van der Waals surface area contributed by atoms with E-state index < -0.39 is 0 Å². The number of hydrogen-bond acceptors (Lipinski definition) is 7. The zero-order valence-corrected chi connectivity index (χ0v) is 16.1. The number of aromatic nitrogens is 3. The SMILES string of the molecule is Cc1ncccc1Oc1ncnc(N2CCC(N[C@@H]3CCNC3)CC2)c1C. The Labute approximate surface area is 160 Å². The molecule has 2 saturated heterocycles. The van der Waals surface area contributed by atoms with E-state index in [1.165, 1.54) is 6.42 Å². The fourth-order valence-electron chi connectivity index (χ4n) is 3.92. The highest BCUT2D eigenvalue weighted by molar-refractivity contribution is 5.51. The molecule has 27 heavy (non-hydrogen) atoms. The molecular formula is C20H28N6O. The third-order valence-electron chi connectivity index (χ3n) is 5.50. The minimum Gasteiger partial charge on any atom is -0.437 e. The van der Waals surface area contributed by atoms with E-state index in [0.717, 1.165) is 61.8 Å². The molecule has 0 spiro atoms. The molecule has 1 atom stereocenters. The molecule has 0 saturated carbocycles. The average Bonchev–Trinajstić information content (AvgIpc) is 3.19. The molecule has 2 aliphatic rings. The molecule has 0 aliphatic carbocycles. The number of piperidine rings is 1. The fourth-order valence-corrected chi connectivity index (χ4v) is 3.92. The Kier molecular flexibility index (Phi) is 5.50. The molecule has 0 radical (unpaired) electrons. The van der Waals surface area contributed by atoms with Crippen LogP contribution in [0.15, 0.2) is 24.7 Å². The number of nitrogens with zero attached hydrogens (tertiary/aromatic N) is 4. The van der Waals surface area contributed by atoms with Crippen molar-refractivity contribution in [1.29, 1.82) is 0 Å². The number of anilines is 1. The maximum absolute atomic E-state index is 6.02. The molecule has 2 aliphatic heterocycles. The fraction of sp³-hybridized carbons (Fsp3) is 0.550. The van der Waals surface area contributed by atoms with E-state index in [9.17, 15) is 0 Å². The standard InChI is InChI=1S/C20H28N6O/c1-14-19(23-13-24-20(14)27-18-4-3-8-22-15(18)2)26-10-6-16(7-11-26)25-17-5-9-21-12-17/h3-4,8,13,16-17,21,25H,5-7,9-12H2,1-2H3/t17-/m1/s1. The van der Waals surface area contributed by atoms with Gasteiger partial charge >= 0.3 is 0 Å². The molecule has 2 aromatic heterocycles. The highest BCUT2D eigenvalue weighted by Gasteiger charge is 2.25. The molecule has 2 aromatic rings. The van der Waals surface area contributed by atoms with Gasteiger partial charge in [0.25, 0.3) is 0 Å². The second kappa shape index (κ2) is 8.19. The van der Waals surface area contributed by atoms with Crippen LogP contribution < -0.4 is 20.3 Å². The van der Waals surface area contributed by atoms with Crippen molar-refractivity contribution in [3.05, 3.63) is 35.9 Å². The molecule has 7 nitrogen and oxygen atoms in total. The third-order valence-corrected chi connectivity index (χ3v) is 5.50. The van der Waals surface area contributed by atoms with E-state index in [2.05, 4.69) is 30.5 Å². The molecule has 2 N–H and O–H groups in total. The summed E-state index contributed by atoms with van der Waals surface area (Å²) < 4.78 is 6.02. The molecule has 4 heterocycles. The summed E-state index contributed by atoms with van der Waals surface area (Å²) in [4.78, 5) is 15.5. The Balaban J connectivity index is 1.41. The molecule has 0 aromatic carbocycles. The van der Waals surface area contributed by atoms with Gasteiger partial charge in [0.05, 0.1) is 11.3 Å². The van der Waals surface area contributed by atoms with Crippen molar-refractivity contribution in [2.45, 2.75) is 45.2 Å². The predicted molar refractivity (Wildman–Crippen MR) is 105 cm³/mol. The largest absolute Gasteiger partial charge is 0.437 e. The summed E-state index contributed by atoms with van der Waals surface area (Å²) in [6, 6.07) is 5.02. The van der Waals surface area contributed by atoms with Crippen LogP contribution in [0.4, 0.5) is 5.82 Å². The van der Waals surface area contributed by atoms with Crippen LogP contribution in [-0.4, -0.2) is 53.2 Å². The highest BCUT2D eigenvalue weighted by atomic mass is 16.5. The number of nitrogens with one attached hydrogen (secondary N) is 2. The molecule has 0 bridgehead atoms. The van der Waals surface area contributed by atoms with E-state index >= 15 is 0 Å². The summed E-state index contributed by atoms with van der Waals surface area (Å²) in [6.07, 6.45) is 6.87. The lowest BCUT2D eigenvalue weighted by atomic mass is 10.0. The van der Waals surface area contributed by atoms with Gasteiger partial charge in [0, 0.05) is 37.9 Å². The van der Waals surface area contributed by atoms with Crippen molar-refractivity contribution in [2.75, 3.05) is 31.1 Å².